The van der Waals surface area contributed by atoms with Crippen molar-refractivity contribution in [2.24, 2.45) is 4.99 Å². The molecule has 1 amide bonds. The number of carbonyl (C=O) groups is 1. The molecule has 0 fully saturated rings. The second kappa shape index (κ2) is 9.01. The molecular formula is C23H23BClN3O5. The number of carbonyl (C=O) groups excluding carboxylic acids is 1. The summed E-state index contributed by atoms with van der Waals surface area (Å²) in [5.41, 5.74) is 1.78. The third-order valence-corrected chi connectivity index (χ3v) is 5.59. The van der Waals surface area contributed by atoms with Crippen LogP contribution in [0.1, 0.15) is 47.0 Å². The summed E-state index contributed by atoms with van der Waals surface area (Å²) < 4.78 is 10.9. The predicted octanol–water partition coefficient (Wildman–Crippen LogP) is 3.34. The van der Waals surface area contributed by atoms with Gasteiger partial charge in [0, 0.05) is 11.1 Å². The molecule has 170 valence electrons. The number of aromatic nitrogens is 1. The van der Waals surface area contributed by atoms with Crippen LogP contribution < -0.4 is 5.32 Å². The molecule has 3 aromatic rings. The molecule has 1 aliphatic heterocycles. The van der Waals surface area contributed by atoms with Gasteiger partial charge in [0.15, 0.2) is 0 Å². The summed E-state index contributed by atoms with van der Waals surface area (Å²) in [6.07, 6.45) is 0. The Kier molecular flexibility index (Phi) is 6.29. The average molecular weight is 468 g/mol. The van der Waals surface area contributed by atoms with E-state index in [-0.39, 0.29) is 22.6 Å². The van der Waals surface area contributed by atoms with Crippen molar-refractivity contribution in [1.29, 1.82) is 0 Å². The summed E-state index contributed by atoms with van der Waals surface area (Å²) in [6, 6.07) is 13.9. The summed E-state index contributed by atoms with van der Waals surface area (Å²) in [6.45, 7) is 5.97. The van der Waals surface area contributed by atoms with Crippen LogP contribution in [0.15, 0.2) is 58.0 Å². The minimum absolute atomic E-state index is 0.162. The van der Waals surface area contributed by atoms with E-state index >= 15 is 0 Å². The Morgan fingerprint density at radius 3 is 2.64 bits per heavy atom. The first kappa shape index (κ1) is 23.0. The zero-order valence-electron chi connectivity index (χ0n) is 18.4. The van der Waals surface area contributed by atoms with E-state index < -0.39 is 19.0 Å². The summed E-state index contributed by atoms with van der Waals surface area (Å²) in [7, 11) is -1.86. The van der Waals surface area contributed by atoms with Gasteiger partial charge in [-0.25, -0.2) is 4.99 Å². The van der Waals surface area contributed by atoms with Gasteiger partial charge in [0.1, 0.15) is 23.6 Å². The lowest BCUT2D eigenvalue weighted by Gasteiger charge is -2.19. The zero-order chi connectivity index (χ0) is 23.8. The predicted molar refractivity (Wildman–Crippen MR) is 125 cm³/mol. The fraction of sp³-hybridized carbons (Fsp3) is 0.261. The van der Waals surface area contributed by atoms with Crippen LogP contribution in [0.25, 0.3) is 11.3 Å². The number of rotatable bonds is 6. The topological polar surface area (TPSA) is 117 Å². The van der Waals surface area contributed by atoms with Gasteiger partial charge >= 0.3 is 7.12 Å². The lowest BCUT2D eigenvalue weighted by Crippen LogP contribution is -2.39. The van der Waals surface area contributed by atoms with E-state index in [1.165, 1.54) is 0 Å². The maximum absolute atomic E-state index is 13.2. The van der Waals surface area contributed by atoms with Crippen molar-refractivity contribution in [2.75, 3.05) is 6.61 Å². The van der Waals surface area contributed by atoms with Gasteiger partial charge in [0.25, 0.3) is 5.91 Å². The number of ether oxygens (including phenoxy) is 1. The highest BCUT2D eigenvalue weighted by Gasteiger charge is 2.32. The highest BCUT2D eigenvalue weighted by atomic mass is 35.5. The monoisotopic (exact) mass is 467 g/mol. The number of nitrogens with zero attached hydrogens (tertiary/aromatic N) is 2. The van der Waals surface area contributed by atoms with Gasteiger partial charge in [-0.15, -0.1) is 0 Å². The number of aliphatic imine (C=N–C) groups is 1. The maximum atomic E-state index is 13.2. The highest BCUT2D eigenvalue weighted by Crippen LogP contribution is 2.31. The van der Waals surface area contributed by atoms with Crippen molar-refractivity contribution in [3.8, 4) is 11.3 Å². The number of hydrogen-bond acceptors (Lipinski definition) is 7. The Hall–Kier alpha value is -3.14. The van der Waals surface area contributed by atoms with Gasteiger partial charge in [-0.3, -0.25) is 4.79 Å². The highest BCUT2D eigenvalue weighted by molar-refractivity contribution is 6.43. The van der Waals surface area contributed by atoms with Crippen LogP contribution >= 0.6 is 11.6 Å². The van der Waals surface area contributed by atoms with Gasteiger partial charge < -0.3 is 24.6 Å². The van der Waals surface area contributed by atoms with Gasteiger partial charge in [-0.05, 0) is 44.5 Å². The molecule has 33 heavy (non-hydrogen) atoms. The molecule has 1 aliphatic rings. The first-order valence-corrected chi connectivity index (χ1v) is 10.8. The molecule has 0 spiro atoms. The molecule has 0 aliphatic carbocycles. The van der Waals surface area contributed by atoms with E-state index in [4.69, 9.17) is 20.9 Å². The number of amides is 1. The minimum Gasteiger partial charge on any atom is -0.475 e. The molecule has 0 radical (unpaired) electrons. The van der Waals surface area contributed by atoms with Crippen LogP contribution in [-0.2, 0) is 4.74 Å². The van der Waals surface area contributed by atoms with Crippen LogP contribution in [0.5, 0.6) is 0 Å². The second-order valence-corrected chi connectivity index (χ2v) is 8.86. The van der Waals surface area contributed by atoms with Crippen molar-refractivity contribution in [3.63, 3.8) is 0 Å². The Morgan fingerprint density at radius 2 is 1.97 bits per heavy atom. The summed E-state index contributed by atoms with van der Waals surface area (Å²) in [5, 5.41) is 27.2. The molecule has 0 saturated carbocycles. The van der Waals surface area contributed by atoms with Crippen molar-refractivity contribution < 1.29 is 24.1 Å². The number of halogens is 1. The lowest BCUT2D eigenvalue weighted by molar-refractivity contribution is 0.0941. The van der Waals surface area contributed by atoms with Crippen molar-refractivity contribution >= 4 is 30.5 Å². The number of aryl methyl sites for hydroxylation is 1. The van der Waals surface area contributed by atoms with E-state index in [1.807, 2.05) is 19.9 Å². The Balaban J connectivity index is 1.65. The quantitative estimate of drug-likeness (QED) is 0.479. The third kappa shape index (κ3) is 4.80. The van der Waals surface area contributed by atoms with Gasteiger partial charge in [0.2, 0.25) is 5.90 Å². The van der Waals surface area contributed by atoms with E-state index in [0.717, 1.165) is 0 Å². The molecule has 10 heteroatoms. The Bertz CT molecular complexity index is 1220. The standard InChI is InChI=1S/C23H23BClN3O5/c1-13-18(19(28-33-13)16-9-4-5-10-17(16)25)21(29)26-20(24(30)31)14-7-6-8-15(11-14)22-27-23(2,3)12-32-22/h4-11,20,30-31H,12H2,1-3H3,(H,26,29)/t20-/m0/s1. The largest absolute Gasteiger partial charge is 0.480 e. The normalized spacial score (nSPS) is 15.5. The average Bonchev–Trinajstić information content (AvgIpc) is 3.34. The van der Waals surface area contributed by atoms with E-state index in [1.54, 1.807) is 49.4 Å². The molecule has 8 nitrogen and oxygen atoms in total. The number of benzene rings is 2. The fourth-order valence-corrected chi connectivity index (χ4v) is 3.84. The van der Waals surface area contributed by atoms with Crippen molar-refractivity contribution in [1.82, 2.24) is 10.5 Å². The molecule has 1 aromatic heterocycles. The summed E-state index contributed by atoms with van der Waals surface area (Å²) >= 11 is 6.28. The van der Waals surface area contributed by atoms with Gasteiger partial charge in [-0.2, -0.15) is 0 Å². The molecule has 3 N–H and O–H groups in total. The number of nitrogens with one attached hydrogen (secondary N) is 1. The first-order chi connectivity index (χ1) is 15.7. The summed E-state index contributed by atoms with van der Waals surface area (Å²) in [4.78, 5) is 17.8. The second-order valence-electron chi connectivity index (χ2n) is 8.45. The summed E-state index contributed by atoms with van der Waals surface area (Å²) in [5.74, 6) is -0.961. The van der Waals surface area contributed by atoms with E-state index in [0.29, 0.717) is 34.2 Å². The minimum atomic E-state index is -1.86. The van der Waals surface area contributed by atoms with Crippen LogP contribution in [0.2, 0.25) is 5.02 Å². The molecule has 2 heterocycles. The number of hydrogen-bond donors (Lipinski definition) is 3. The van der Waals surface area contributed by atoms with Crippen molar-refractivity contribution in [2.45, 2.75) is 32.3 Å². The van der Waals surface area contributed by atoms with Crippen LogP contribution in [0.4, 0.5) is 0 Å². The molecule has 2 aromatic carbocycles. The molecule has 4 rings (SSSR count). The molecule has 1 atom stereocenters. The molecular weight excluding hydrogens is 445 g/mol. The van der Waals surface area contributed by atoms with Crippen LogP contribution in [-0.4, -0.2) is 46.3 Å². The van der Waals surface area contributed by atoms with Gasteiger partial charge in [-0.1, -0.05) is 47.1 Å². The zero-order valence-corrected chi connectivity index (χ0v) is 19.1. The van der Waals surface area contributed by atoms with Gasteiger partial charge in [0.05, 0.1) is 16.5 Å². The fourth-order valence-electron chi connectivity index (χ4n) is 3.62. The molecule has 0 bridgehead atoms. The third-order valence-electron chi connectivity index (χ3n) is 5.26. The van der Waals surface area contributed by atoms with Crippen molar-refractivity contribution in [3.05, 3.63) is 76.0 Å². The molecule has 0 unspecified atom stereocenters. The smallest absolute Gasteiger partial charge is 0.475 e. The van der Waals surface area contributed by atoms with E-state index in [9.17, 15) is 14.8 Å². The van der Waals surface area contributed by atoms with Crippen LogP contribution in [0, 0.1) is 6.92 Å². The Labute approximate surface area is 196 Å². The SMILES string of the molecule is Cc1onc(-c2ccccc2Cl)c1C(=O)N[C@H](B(O)O)c1cccc(C2=NC(C)(C)CO2)c1. The Morgan fingerprint density at radius 1 is 1.21 bits per heavy atom. The van der Waals surface area contributed by atoms with Crippen LogP contribution in [0.3, 0.4) is 0 Å². The maximum Gasteiger partial charge on any atom is 0.480 e. The van der Waals surface area contributed by atoms with E-state index in [2.05, 4.69) is 15.5 Å². The lowest BCUT2D eigenvalue weighted by atomic mass is 9.74. The first-order valence-electron chi connectivity index (χ1n) is 10.4. The molecule has 0 saturated heterocycles.